The predicted octanol–water partition coefficient (Wildman–Crippen LogP) is 3.76. The van der Waals surface area contributed by atoms with E-state index in [9.17, 15) is 9.59 Å². The topological polar surface area (TPSA) is 70.6 Å². The predicted molar refractivity (Wildman–Crippen MR) is 108 cm³/mol. The molecule has 0 saturated heterocycles. The summed E-state index contributed by atoms with van der Waals surface area (Å²) >= 11 is 7.95. The first kappa shape index (κ1) is 19.4. The number of hydrazone groups is 1. The van der Waals surface area contributed by atoms with Crippen LogP contribution in [0.1, 0.15) is 29.3 Å². The molecule has 2 aromatic rings. The Hall–Kier alpha value is -1.93. The molecule has 0 heterocycles. The van der Waals surface area contributed by atoms with E-state index in [4.69, 9.17) is 11.6 Å². The standard InChI is InChI=1S/C18H17ClIN3O2/c1-12(22-23-18(25)14-3-2-4-16(20)10-14)9-17(24)21-11-13-5-7-15(19)8-6-13/h2-8,10H,9,11H2,1H3,(H,21,24)(H,23,25)/b22-12+. The molecule has 25 heavy (non-hydrogen) atoms. The van der Waals surface area contributed by atoms with Gasteiger partial charge in [0.25, 0.3) is 5.91 Å². The van der Waals surface area contributed by atoms with Crippen LogP contribution in [0.4, 0.5) is 0 Å². The number of carbonyl (C=O) groups is 2. The fraction of sp³-hybridized carbons (Fsp3) is 0.167. The van der Waals surface area contributed by atoms with Gasteiger partial charge in [-0.15, -0.1) is 0 Å². The van der Waals surface area contributed by atoms with Crippen molar-refractivity contribution in [2.45, 2.75) is 19.9 Å². The zero-order valence-electron chi connectivity index (χ0n) is 13.6. The Morgan fingerprint density at radius 3 is 2.56 bits per heavy atom. The fourth-order valence-electron chi connectivity index (χ4n) is 1.98. The van der Waals surface area contributed by atoms with Gasteiger partial charge < -0.3 is 5.32 Å². The molecule has 0 aliphatic rings. The normalized spacial score (nSPS) is 11.1. The van der Waals surface area contributed by atoms with Gasteiger partial charge in [-0.2, -0.15) is 5.10 Å². The third kappa shape index (κ3) is 6.83. The van der Waals surface area contributed by atoms with Crippen molar-refractivity contribution in [1.29, 1.82) is 0 Å². The second-order valence-corrected chi connectivity index (χ2v) is 7.06. The van der Waals surface area contributed by atoms with E-state index in [1.54, 1.807) is 37.3 Å². The van der Waals surface area contributed by atoms with Crippen LogP contribution >= 0.6 is 34.2 Å². The molecule has 0 aliphatic heterocycles. The van der Waals surface area contributed by atoms with Gasteiger partial charge in [0.15, 0.2) is 0 Å². The lowest BCUT2D eigenvalue weighted by molar-refractivity contribution is -0.120. The average Bonchev–Trinajstić information content (AvgIpc) is 2.59. The van der Waals surface area contributed by atoms with Gasteiger partial charge in [-0.1, -0.05) is 29.8 Å². The second-order valence-electron chi connectivity index (χ2n) is 5.38. The van der Waals surface area contributed by atoms with Crippen molar-refractivity contribution in [3.63, 3.8) is 0 Å². The molecule has 2 rings (SSSR count). The van der Waals surface area contributed by atoms with Gasteiger partial charge in [0.1, 0.15) is 0 Å². The molecule has 130 valence electrons. The molecule has 0 aliphatic carbocycles. The Bertz CT molecular complexity index is 791. The van der Waals surface area contributed by atoms with Crippen LogP contribution in [0.5, 0.6) is 0 Å². The van der Waals surface area contributed by atoms with Gasteiger partial charge in [-0.05, 0) is 65.4 Å². The van der Waals surface area contributed by atoms with Crippen LogP contribution in [-0.2, 0) is 11.3 Å². The zero-order valence-corrected chi connectivity index (χ0v) is 16.5. The summed E-state index contributed by atoms with van der Waals surface area (Å²) in [7, 11) is 0. The summed E-state index contributed by atoms with van der Waals surface area (Å²) in [5.74, 6) is -0.473. The average molecular weight is 470 g/mol. The highest BCUT2D eigenvalue weighted by molar-refractivity contribution is 14.1. The van der Waals surface area contributed by atoms with E-state index in [1.165, 1.54) is 0 Å². The summed E-state index contributed by atoms with van der Waals surface area (Å²) in [5.41, 5.74) is 4.46. The van der Waals surface area contributed by atoms with Crippen LogP contribution in [0.2, 0.25) is 5.02 Å². The number of hydrogen-bond donors (Lipinski definition) is 2. The number of rotatable bonds is 6. The zero-order chi connectivity index (χ0) is 18.2. The van der Waals surface area contributed by atoms with E-state index in [-0.39, 0.29) is 18.2 Å². The van der Waals surface area contributed by atoms with Crippen molar-refractivity contribution < 1.29 is 9.59 Å². The molecule has 2 amide bonds. The lowest BCUT2D eigenvalue weighted by Gasteiger charge is -2.06. The van der Waals surface area contributed by atoms with E-state index in [1.807, 2.05) is 18.2 Å². The molecular weight excluding hydrogens is 453 g/mol. The van der Waals surface area contributed by atoms with Crippen LogP contribution in [-0.4, -0.2) is 17.5 Å². The van der Waals surface area contributed by atoms with Gasteiger partial charge >= 0.3 is 0 Å². The molecule has 0 unspecified atom stereocenters. The molecule has 0 atom stereocenters. The summed E-state index contributed by atoms with van der Waals surface area (Å²) in [5, 5.41) is 7.43. The summed E-state index contributed by atoms with van der Waals surface area (Å²) in [6, 6.07) is 14.4. The Balaban J connectivity index is 1.80. The van der Waals surface area contributed by atoms with Crippen LogP contribution in [0, 0.1) is 3.57 Å². The van der Waals surface area contributed by atoms with Crippen LogP contribution < -0.4 is 10.7 Å². The highest BCUT2D eigenvalue weighted by Gasteiger charge is 2.07. The van der Waals surface area contributed by atoms with Gasteiger partial charge in [0.2, 0.25) is 5.91 Å². The van der Waals surface area contributed by atoms with Crippen LogP contribution in [0.15, 0.2) is 53.6 Å². The van der Waals surface area contributed by atoms with Crippen molar-refractivity contribution in [3.8, 4) is 0 Å². The molecule has 0 aromatic heterocycles. The Kier molecular flexibility index (Phi) is 7.39. The second kappa shape index (κ2) is 9.53. The number of benzene rings is 2. The molecule has 0 fully saturated rings. The third-order valence-electron chi connectivity index (χ3n) is 3.25. The largest absolute Gasteiger partial charge is 0.352 e. The summed E-state index contributed by atoms with van der Waals surface area (Å²) in [6.45, 7) is 2.11. The first-order valence-corrected chi connectivity index (χ1v) is 9.00. The minimum absolute atomic E-state index is 0.111. The lowest BCUT2D eigenvalue weighted by Crippen LogP contribution is -2.26. The van der Waals surface area contributed by atoms with E-state index in [0.717, 1.165) is 9.13 Å². The number of nitrogens with one attached hydrogen (secondary N) is 2. The number of amides is 2. The molecule has 2 N–H and O–H groups in total. The Morgan fingerprint density at radius 1 is 1.16 bits per heavy atom. The fourth-order valence-corrected chi connectivity index (χ4v) is 2.65. The van der Waals surface area contributed by atoms with Gasteiger partial charge in [0, 0.05) is 26.4 Å². The van der Waals surface area contributed by atoms with Gasteiger partial charge in [0.05, 0.1) is 6.42 Å². The minimum Gasteiger partial charge on any atom is -0.352 e. The molecule has 0 spiro atoms. The highest BCUT2D eigenvalue weighted by Crippen LogP contribution is 2.09. The molecule has 5 nitrogen and oxygen atoms in total. The molecule has 0 radical (unpaired) electrons. The van der Waals surface area contributed by atoms with E-state index >= 15 is 0 Å². The summed E-state index contributed by atoms with van der Waals surface area (Å²) < 4.78 is 0.965. The first-order valence-electron chi connectivity index (χ1n) is 7.54. The molecule has 0 saturated carbocycles. The minimum atomic E-state index is -0.306. The maximum atomic E-state index is 12.0. The number of halogens is 2. The quantitative estimate of drug-likeness (QED) is 0.384. The lowest BCUT2D eigenvalue weighted by atomic mass is 10.2. The molecule has 7 heteroatoms. The molecule has 0 bridgehead atoms. The van der Waals surface area contributed by atoms with Gasteiger partial charge in [-0.3, -0.25) is 9.59 Å². The van der Waals surface area contributed by atoms with Crippen molar-refractivity contribution in [1.82, 2.24) is 10.7 Å². The van der Waals surface area contributed by atoms with Crippen molar-refractivity contribution in [2.24, 2.45) is 5.10 Å². The van der Waals surface area contributed by atoms with Crippen molar-refractivity contribution in [3.05, 3.63) is 68.3 Å². The van der Waals surface area contributed by atoms with E-state index < -0.39 is 0 Å². The Labute approximate surface area is 165 Å². The van der Waals surface area contributed by atoms with Crippen LogP contribution in [0.3, 0.4) is 0 Å². The maximum Gasteiger partial charge on any atom is 0.271 e. The number of carbonyl (C=O) groups excluding carboxylic acids is 2. The molecule has 2 aromatic carbocycles. The van der Waals surface area contributed by atoms with Crippen LogP contribution in [0.25, 0.3) is 0 Å². The van der Waals surface area contributed by atoms with Crippen molar-refractivity contribution >= 4 is 51.7 Å². The number of nitrogens with zero attached hydrogens (tertiary/aromatic N) is 1. The SMILES string of the molecule is C/C(CC(=O)NCc1ccc(Cl)cc1)=N\NC(=O)c1cccc(I)c1. The van der Waals surface area contributed by atoms with Crippen molar-refractivity contribution in [2.75, 3.05) is 0 Å². The monoisotopic (exact) mass is 469 g/mol. The van der Waals surface area contributed by atoms with Gasteiger partial charge in [-0.25, -0.2) is 5.43 Å². The number of hydrogen-bond acceptors (Lipinski definition) is 3. The Morgan fingerprint density at radius 2 is 1.88 bits per heavy atom. The highest BCUT2D eigenvalue weighted by atomic mass is 127. The maximum absolute atomic E-state index is 12.0. The van der Waals surface area contributed by atoms with E-state index in [0.29, 0.717) is 22.8 Å². The smallest absolute Gasteiger partial charge is 0.271 e. The third-order valence-corrected chi connectivity index (χ3v) is 4.18. The molecular formula is C18H17ClIN3O2. The summed E-state index contributed by atoms with van der Waals surface area (Å²) in [6.07, 6.45) is 0.111. The summed E-state index contributed by atoms with van der Waals surface area (Å²) in [4.78, 5) is 23.9. The van der Waals surface area contributed by atoms with E-state index in [2.05, 4.69) is 38.4 Å². The first-order chi connectivity index (χ1) is 11.9.